The topological polar surface area (TPSA) is 78.5 Å². The number of rotatable bonds is 2. The van der Waals surface area contributed by atoms with Crippen molar-refractivity contribution < 1.29 is 14.6 Å². The molecule has 0 spiro atoms. The number of likely N-dealkylation sites (tertiary alicyclic amines) is 1. The number of aromatic nitrogens is 2. The number of H-pyrrole nitrogens is 1. The molecule has 3 fully saturated rings. The lowest BCUT2D eigenvalue weighted by Crippen LogP contribution is -2.36. The van der Waals surface area contributed by atoms with Gasteiger partial charge in [0, 0.05) is 30.1 Å². The standard InChI is InChI=1S/C19H22ClN3O3/c20-14-3-16(15-7-21-22-17(15)4-14)19(25)5-12-8-23(9-13(12)6-19)18(24)11-1-2-26-10-11/h3-4,7,11-13,25H,1-2,5-6,8-10H2,(H,21,22)/t11?,12-,13+,19-. The van der Waals surface area contributed by atoms with Crippen LogP contribution < -0.4 is 0 Å². The van der Waals surface area contributed by atoms with E-state index in [2.05, 4.69) is 10.2 Å². The molecule has 6 nitrogen and oxygen atoms in total. The second-order valence-electron chi connectivity index (χ2n) is 8.05. The Balaban J connectivity index is 1.37. The van der Waals surface area contributed by atoms with E-state index in [1.54, 1.807) is 6.20 Å². The summed E-state index contributed by atoms with van der Waals surface area (Å²) in [6.45, 7) is 2.71. The number of hydrogen-bond acceptors (Lipinski definition) is 4. The predicted octanol–water partition coefficient (Wildman–Crippen LogP) is 2.31. The third-order valence-electron chi connectivity index (χ3n) is 6.39. The second-order valence-corrected chi connectivity index (χ2v) is 8.48. The number of nitrogens with one attached hydrogen (secondary N) is 1. The van der Waals surface area contributed by atoms with Crippen LogP contribution in [0.3, 0.4) is 0 Å². The molecule has 1 saturated carbocycles. The first kappa shape index (κ1) is 16.5. The molecule has 1 aromatic carbocycles. The highest BCUT2D eigenvalue weighted by atomic mass is 35.5. The van der Waals surface area contributed by atoms with Crippen LogP contribution in [0.25, 0.3) is 10.9 Å². The van der Waals surface area contributed by atoms with Crippen LogP contribution in [0.15, 0.2) is 18.3 Å². The normalized spacial score (nSPS) is 33.9. The molecule has 26 heavy (non-hydrogen) atoms. The first-order valence-corrected chi connectivity index (χ1v) is 9.63. The van der Waals surface area contributed by atoms with Gasteiger partial charge in [-0.25, -0.2) is 0 Å². The molecular weight excluding hydrogens is 354 g/mol. The first-order chi connectivity index (χ1) is 12.5. The number of halogens is 1. The lowest BCUT2D eigenvalue weighted by molar-refractivity contribution is -0.135. The quantitative estimate of drug-likeness (QED) is 0.844. The average molecular weight is 376 g/mol. The van der Waals surface area contributed by atoms with Crippen molar-refractivity contribution in [3.63, 3.8) is 0 Å². The fraction of sp³-hybridized carbons (Fsp3) is 0.579. The van der Waals surface area contributed by atoms with E-state index in [4.69, 9.17) is 16.3 Å². The summed E-state index contributed by atoms with van der Waals surface area (Å²) in [5.74, 6) is 0.894. The number of carbonyl (C=O) groups is 1. The zero-order chi connectivity index (χ0) is 17.9. The third kappa shape index (κ3) is 2.54. The van der Waals surface area contributed by atoms with Crippen molar-refractivity contribution in [3.05, 3.63) is 28.9 Å². The Hall–Kier alpha value is -1.63. The molecule has 1 aromatic heterocycles. The zero-order valence-electron chi connectivity index (χ0n) is 14.4. The van der Waals surface area contributed by atoms with Crippen LogP contribution in [-0.4, -0.2) is 52.4 Å². The molecule has 2 N–H and O–H groups in total. The Morgan fingerprint density at radius 1 is 1.35 bits per heavy atom. The lowest BCUT2D eigenvalue weighted by atomic mass is 9.88. The van der Waals surface area contributed by atoms with Crippen molar-refractivity contribution >= 4 is 28.4 Å². The van der Waals surface area contributed by atoms with Crippen LogP contribution >= 0.6 is 11.6 Å². The van der Waals surface area contributed by atoms with Crippen LogP contribution in [0.1, 0.15) is 24.8 Å². The Morgan fingerprint density at radius 3 is 2.81 bits per heavy atom. The summed E-state index contributed by atoms with van der Waals surface area (Å²) in [6, 6.07) is 3.69. The van der Waals surface area contributed by atoms with Gasteiger partial charge in [0.1, 0.15) is 0 Å². The molecule has 2 aliphatic heterocycles. The van der Waals surface area contributed by atoms with Crippen LogP contribution in [-0.2, 0) is 15.1 Å². The molecule has 2 aromatic rings. The van der Waals surface area contributed by atoms with E-state index in [9.17, 15) is 9.90 Å². The maximum atomic E-state index is 12.6. The van der Waals surface area contributed by atoms with Gasteiger partial charge in [-0.1, -0.05) is 11.6 Å². The van der Waals surface area contributed by atoms with E-state index in [0.29, 0.717) is 42.9 Å². The number of benzene rings is 1. The minimum absolute atomic E-state index is 0.0196. The van der Waals surface area contributed by atoms with E-state index in [-0.39, 0.29) is 11.8 Å². The van der Waals surface area contributed by atoms with E-state index in [1.807, 2.05) is 17.0 Å². The number of hydrogen-bond donors (Lipinski definition) is 2. The highest BCUT2D eigenvalue weighted by Crippen LogP contribution is 2.50. The van der Waals surface area contributed by atoms with E-state index in [0.717, 1.165) is 36.0 Å². The van der Waals surface area contributed by atoms with Gasteiger partial charge in [0.2, 0.25) is 5.91 Å². The molecule has 7 heteroatoms. The smallest absolute Gasteiger partial charge is 0.228 e. The summed E-state index contributed by atoms with van der Waals surface area (Å²) < 4.78 is 5.36. The maximum Gasteiger partial charge on any atom is 0.228 e. The van der Waals surface area contributed by atoms with Crippen molar-refractivity contribution in [2.24, 2.45) is 17.8 Å². The summed E-state index contributed by atoms with van der Waals surface area (Å²) in [6.07, 6.45) is 3.89. The molecule has 1 aliphatic carbocycles. The number of carbonyl (C=O) groups excluding carboxylic acids is 1. The van der Waals surface area contributed by atoms with Gasteiger partial charge in [-0.15, -0.1) is 0 Å². The van der Waals surface area contributed by atoms with Gasteiger partial charge in [0.25, 0.3) is 0 Å². The SMILES string of the molecule is O=C(C1CCOC1)N1C[C@@H]2C[C@@](O)(c3cc(Cl)cc4[nH]ncc34)C[C@@H]2C1. The number of aromatic amines is 1. The summed E-state index contributed by atoms with van der Waals surface area (Å²) >= 11 is 6.26. The largest absolute Gasteiger partial charge is 0.385 e. The summed E-state index contributed by atoms with van der Waals surface area (Å²) in [4.78, 5) is 14.6. The first-order valence-electron chi connectivity index (χ1n) is 9.25. The third-order valence-corrected chi connectivity index (χ3v) is 6.61. The van der Waals surface area contributed by atoms with Crippen molar-refractivity contribution in [2.75, 3.05) is 26.3 Å². The van der Waals surface area contributed by atoms with Crippen molar-refractivity contribution in [1.82, 2.24) is 15.1 Å². The highest BCUT2D eigenvalue weighted by molar-refractivity contribution is 6.31. The van der Waals surface area contributed by atoms with E-state index >= 15 is 0 Å². The van der Waals surface area contributed by atoms with E-state index in [1.165, 1.54) is 0 Å². The van der Waals surface area contributed by atoms with Gasteiger partial charge < -0.3 is 14.7 Å². The summed E-state index contributed by atoms with van der Waals surface area (Å²) in [7, 11) is 0. The van der Waals surface area contributed by atoms with Gasteiger partial charge in [-0.2, -0.15) is 5.10 Å². The number of nitrogens with zero attached hydrogens (tertiary/aromatic N) is 2. The molecule has 5 rings (SSSR count). The maximum absolute atomic E-state index is 12.6. The van der Waals surface area contributed by atoms with Gasteiger partial charge in [0.05, 0.1) is 29.8 Å². The Bertz CT molecular complexity index is 847. The minimum Gasteiger partial charge on any atom is -0.385 e. The Labute approximate surface area is 156 Å². The lowest BCUT2D eigenvalue weighted by Gasteiger charge is -2.28. The second kappa shape index (κ2) is 5.94. The number of ether oxygens (including phenoxy) is 1. The van der Waals surface area contributed by atoms with Crippen molar-refractivity contribution in [1.29, 1.82) is 0 Å². The zero-order valence-corrected chi connectivity index (χ0v) is 15.2. The molecule has 1 amide bonds. The fourth-order valence-electron chi connectivity index (χ4n) is 5.14. The molecule has 3 heterocycles. The van der Waals surface area contributed by atoms with Gasteiger partial charge in [-0.3, -0.25) is 9.89 Å². The fourth-order valence-corrected chi connectivity index (χ4v) is 5.36. The molecule has 3 aliphatic rings. The molecule has 0 radical (unpaired) electrons. The van der Waals surface area contributed by atoms with Crippen molar-refractivity contribution in [3.8, 4) is 0 Å². The van der Waals surface area contributed by atoms with Crippen LogP contribution in [0.4, 0.5) is 0 Å². The van der Waals surface area contributed by atoms with Gasteiger partial charge >= 0.3 is 0 Å². The van der Waals surface area contributed by atoms with Crippen LogP contribution in [0.5, 0.6) is 0 Å². The minimum atomic E-state index is -0.909. The molecular formula is C19H22ClN3O3. The molecule has 2 saturated heterocycles. The monoisotopic (exact) mass is 375 g/mol. The number of amides is 1. The summed E-state index contributed by atoms with van der Waals surface area (Å²) in [5, 5.41) is 20.0. The molecule has 0 bridgehead atoms. The average Bonchev–Trinajstić information content (AvgIpc) is 3.36. The number of fused-ring (bicyclic) bond motifs is 2. The predicted molar refractivity (Wildman–Crippen MR) is 96.7 cm³/mol. The summed E-state index contributed by atoms with van der Waals surface area (Å²) in [5.41, 5.74) is 0.787. The van der Waals surface area contributed by atoms with Crippen molar-refractivity contribution in [2.45, 2.75) is 24.9 Å². The molecule has 1 unspecified atom stereocenters. The van der Waals surface area contributed by atoms with E-state index < -0.39 is 5.60 Å². The number of aliphatic hydroxyl groups is 1. The Kier molecular flexibility index (Phi) is 3.78. The highest BCUT2D eigenvalue weighted by Gasteiger charge is 2.51. The molecule has 138 valence electrons. The van der Waals surface area contributed by atoms with Crippen LogP contribution in [0.2, 0.25) is 5.02 Å². The van der Waals surface area contributed by atoms with Gasteiger partial charge in [-0.05, 0) is 48.8 Å². The van der Waals surface area contributed by atoms with Gasteiger partial charge in [0.15, 0.2) is 0 Å². The van der Waals surface area contributed by atoms with Crippen LogP contribution in [0, 0.1) is 17.8 Å². The Morgan fingerprint density at radius 2 is 2.12 bits per heavy atom. The molecule has 4 atom stereocenters.